The van der Waals surface area contributed by atoms with E-state index in [1.165, 1.54) is 6.33 Å². The molecule has 76 valence electrons. The van der Waals surface area contributed by atoms with Crippen molar-refractivity contribution in [2.45, 2.75) is 18.9 Å². The smallest absolute Gasteiger partial charge is 0.134 e. The summed E-state index contributed by atoms with van der Waals surface area (Å²) in [5.74, 6) is 0.750. The molecule has 0 aliphatic carbocycles. The van der Waals surface area contributed by atoms with Gasteiger partial charge in [-0.25, -0.2) is 9.97 Å². The van der Waals surface area contributed by atoms with Gasteiger partial charge in [0.1, 0.15) is 17.3 Å². The highest BCUT2D eigenvalue weighted by Gasteiger charge is 2.14. The Morgan fingerprint density at radius 2 is 2.50 bits per heavy atom. The van der Waals surface area contributed by atoms with E-state index in [4.69, 9.17) is 16.3 Å². The standard InChI is InChI=1S/C9H12ClN3O/c10-8-4-9(13-6-12-8)11-5-7-2-1-3-14-7/h4,6-7H,1-3,5H2,(H,11,12,13). The van der Waals surface area contributed by atoms with Crippen molar-refractivity contribution in [1.82, 2.24) is 9.97 Å². The fraction of sp³-hybridized carbons (Fsp3) is 0.556. The third kappa shape index (κ3) is 2.56. The van der Waals surface area contributed by atoms with Crippen molar-refractivity contribution >= 4 is 17.4 Å². The molecule has 1 aliphatic heterocycles. The summed E-state index contributed by atoms with van der Waals surface area (Å²) in [6.45, 7) is 1.66. The van der Waals surface area contributed by atoms with Crippen LogP contribution in [0.2, 0.25) is 5.15 Å². The lowest BCUT2D eigenvalue weighted by atomic mass is 10.2. The second-order valence-electron chi connectivity index (χ2n) is 3.24. The Labute approximate surface area is 87.7 Å². The van der Waals surface area contributed by atoms with Gasteiger partial charge in [0.25, 0.3) is 0 Å². The molecule has 14 heavy (non-hydrogen) atoms. The Bertz CT molecular complexity index is 302. The molecule has 0 spiro atoms. The first kappa shape index (κ1) is 9.68. The molecule has 1 aliphatic rings. The average molecular weight is 214 g/mol. The first-order valence-corrected chi connectivity index (χ1v) is 5.05. The second kappa shape index (κ2) is 4.57. The Morgan fingerprint density at radius 1 is 1.57 bits per heavy atom. The number of nitrogens with zero attached hydrogens (tertiary/aromatic N) is 2. The van der Waals surface area contributed by atoms with E-state index in [2.05, 4.69) is 15.3 Å². The predicted molar refractivity (Wildman–Crippen MR) is 54.5 cm³/mol. The fourth-order valence-electron chi connectivity index (χ4n) is 1.45. The summed E-state index contributed by atoms with van der Waals surface area (Å²) >= 11 is 5.72. The monoisotopic (exact) mass is 213 g/mol. The van der Waals surface area contributed by atoms with E-state index in [0.717, 1.165) is 31.8 Å². The Hall–Kier alpha value is -0.870. The summed E-state index contributed by atoms with van der Waals surface area (Å²) < 4.78 is 5.47. The van der Waals surface area contributed by atoms with Gasteiger partial charge in [0.15, 0.2) is 0 Å². The molecule has 1 unspecified atom stereocenters. The average Bonchev–Trinajstić information content (AvgIpc) is 2.67. The van der Waals surface area contributed by atoms with Gasteiger partial charge in [-0.05, 0) is 12.8 Å². The van der Waals surface area contributed by atoms with Gasteiger partial charge in [0.2, 0.25) is 0 Å². The lowest BCUT2D eigenvalue weighted by Crippen LogP contribution is -2.18. The summed E-state index contributed by atoms with van der Waals surface area (Å²) in [7, 11) is 0. The van der Waals surface area contributed by atoms with Crippen molar-refractivity contribution in [3.63, 3.8) is 0 Å². The summed E-state index contributed by atoms with van der Waals surface area (Å²) in [5, 5.41) is 3.62. The summed E-state index contributed by atoms with van der Waals surface area (Å²) in [6.07, 6.45) is 4.02. The van der Waals surface area contributed by atoms with Crippen LogP contribution in [0.4, 0.5) is 5.82 Å². The van der Waals surface area contributed by atoms with Gasteiger partial charge >= 0.3 is 0 Å². The van der Waals surface area contributed by atoms with Gasteiger partial charge in [-0.1, -0.05) is 11.6 Å². The van der Waals surface area contributed by atoms with E-state index < -0.39 is 0 Å². The molecule has 0 amide bonds. The van der Waals surface area contributed by atoms with Crippen LogP contribution < -0.4 is 5.32 Å². The van der Waals surface area contributed by atoms with E-state index in [1.54, 1.807) is 6.07 Å². The number of aromatic nitrogens is 2. The molecule has 0 bridgehead atoms. The molecule has 0 saturated carbocycles. The molecule has 1 aromatic heterocycles. The molecule has 2 rings (SSSR count). The number of rotatable bonds is 3. The van der Waals surface area contributed by atoms with Crippen LogP contribution in [0.1, 0.15) is 12.8 Å². The molecule has 0 aromatic carbocycles. The first-order chi connectivity index (χ1) is 6.84. The highest BCUT2D eigenvalue weighted by atomic mass is 35.5. The molecule has 1 N–H and O–H groups in total. The highest BCUT2D eigenvalue weighted by molar-refractivity contribution is 6.29. The van der Waals surface area contributed by atoms with Crippen LogP contribution in [0.15, 0.2) is 12.4 Å². The Morgan fingerprint density at radius 3 is 3.21 bits per heavy atom. The van der Waals surface area contributed by atoms with Crippen molar-refractivity contribution in [3.05, 3.63) is 17.5 Å². The summed E-state index contributed by atoms with van der Waals surface area (Å²) in [5.41, 5.74) is 0. The van der Waals surface area contributed by atoms with Gasteiger partial charge < -0.3 is 10.1 Å². The minimum absolute atomic E-state index is 0.309. The maximum Gasteiger partial charge on any atom is 0.134 e. The van der Waals surface area contributed by atoms with Crippen molar-refractivity contribution < 1.29 is 4.74 Å². The van der Waals surface area contributed by atoms with Gasteiger partial charge in [0, 0.05) is 19.2 Å². The minimum atomic E-state index is 0.309. The zero-order chi connectivity index (χ0) is 9.80. The molecule has 4 nitrogen and oxygen atoms in total. The van der Waals surface area contributed by atoms with Gasteiger partial charge in [0.05, 0.1) is 6.10 Å². The van der Waals surface area contributed by atoms with Crippen LogP contribution in [0.3, 0.4) is 0 Å². The predicted octanol–water partition coefficient (Wildman–Crippen LogP) is 1.72. The van der Waals surface area contributed by atoms with Gasteiger partial charge in [-0.3, -0.25) is 0 Å². The largest absolute Gasteiger partial charge is 0.376 e. The Kier molecular flexibility index (Phi) is 3.16. The van der Waals surface area contributed by atoms with Crippen molar-refractivity contribution in [2.24, 2.45) is 0 Å². The number of hydrogen-bond donors (Lipinski definition) is 1. The second-order valence-corrected chi connectivity index (χ2v) is 3.63. The molecule has 1 fully saturated rings. The molecular formula is C9H12ClN3O. The lowest BCUT2D eigenvalue weighted by molar-refractivity contribution is 0.120. The van der Waals surface area contributed by atoms with Crippen LogP contribution in [-0.2, 0) is 4.74 Å². The quantitative estimate of drug-likeness (QED) is 0.777. The molecule has 2 heterocycles. The number of ether oxygens (including phenoxy) is 1. The zero-order valence-corrected chi connectivity index (χ0v) is 8.50. The third-order valence-electron chi connectivity index (χ3n) is 2.17. The number of hydrogen-bond acceptors (Lipinski definition) is 4. The number of nitrogens with one attached hydrogen (secondary N) is 1. The lowest BCUT2D eigenvalue weighted by Gasteiger charge is -2.10. The van der Waals surface area contributed by atoms with E-state index in [1.807, 2.05) is 0 Å². The maximum absolute atomic E-state index is 5.72. The number of halogens is 1. The van der Waals surface area contributed by atoms with Crippen LogP contribution in [0.5, 0.6) is 0 Å². The molecule has 1 aromatic rings. The maximum atomic E-state index is 5.72. The highest BCUT2D eigenvalue weighted by Crippen LogP contribution is 2.13. The first-order valence-electron chi connectivity index (χ1n) is 4.67. The van der Waals surface area contributed by atoms with Gasteiger partial charge in [-0.2, -0.15) is 0 Å². The van der Waals surface area contributed by atoms with Crippen LogP contribution in [-0.4, -0.2) is 29.2 Å². The Balaban J connectivity index is 1.85. The SMILES string of the molecule is Clc1cc(NCC2CCCO2)ncn1. The van der Waals surface area contributed by atoms with E-state index in [0.29, 0.717) is 11.3 Å². The van der Waals surface area contributed by atoms with Gasteiger partial charge in [-0.15, -0.1) is 0 Å². The number of anilines is 1. The van der Waals surface area contributed by atoms with E-state index in [-0.39, 0.29) is 0 Å². The molecular weight excluding hydrogens is 202 g/mol. The van der Waals surface area contributed by atoms with Crippen LogP contribution in [0, 0.1) is 0 Å². The topological polar surface area (TPSA) is 47.0 Å². The zero-order valence-electron chi connectivity index (χ0n) is 7.74. The summed E-state index contributed by atoms with van der Waals surface area (Å²) in [4.78, 5) is 7.84. The van der Waals surface area contributed by atoms with Crippen LogP contribution >= 0.6 is 11.6 Å². The minimum Gasteiger partial charge on any atom is -0.376 e. The van der Waals surface area contributed by atoms with Crippen molar-refractivity contribution in [3.8, 4) is 0 Å². The molecule has 5 heteroatoms. The van der Waals surface area contributed by atoms with Crippen LogP contribution in [0.25, 0.3) is 0 Å². The normalized spacial score (nSPS) is 21.1. The van der Waals surface area contributed by atoms with Crippen molar-refractivity contribution in [1.29, 1.82) is 0 Å². The third-order valence-corrected chi connectivity index (χ3v) is 2.38. The molecule has 1 saturated heterocycles. The fourth-order valence-corrected chi connectivity index (χ4v) is 1.60. The summed E-state index contributed by atoms with van der Waals surface area (Å²) in [6, 6.07) is 1.70. The molecule has 1 atom stereocenters. The molecule has 0 radical (unpaired) electrons. The van der Waals surface area contributed by atoms with E-state index in [9.17, 15) is 0 Å². The van der Waals surface area contributed by atoms with Crippen molar-refractivity contribution in [2.75, 3.05) is 18.5 Å². The van der Waals surface area contributed by atoms with E-state index >= 15 is 0 Å².